The zero-order valence-corrected chi connectivity index (χ0v) is 12.7. The van der Waals surface area contributed by atoms with E-state index in [2.05, 4.69) is 0 Å². The van der Waals surface area contributed by atoms with Crippen LogP contribution in [-0.4, -0.2) is 25.8 Å². The first-order valence-electron chi connectivity index (χ1n) is 6.79. The minimum absolute atomic E-state index is 0.331. The lowest BCUT2D eigenvalue weighted by molar-refractivity contribution is 0.427. The molecule has 0 radical (unpaired) electrons. The number of nitrogen functional groups attached to an aromatic ring is 1. The highest BCUT2D eigenvalue weighted by Crippen LogP contribution is 2.29. The summed E-state index contributed by atoms with van der Waals surface area (Å²) in [7, 11) is -3.48. The molecule has 0 heterocycles. The normalized spacial score (nSPS) is 12.2. The van der Waals surface area contributed by atoms with Crippen molar-refractivity contribution in [2.24, 2.45) is 0 Å². The van der Waals surface area contributed by atoms with Crippen molar-refractivity contribution in [3.63, 3.8) is 0 Å². The zero-order chi connectivity index (χ0) is 14.8. The van der Waals surface area contributed by atoms with Crippen molar-refractivity contribution in [2.45, 2.75) is 25.2 Å². The van der Waals surface area contributed by atoms with E-state index in [4.69, 9.17) is 5.73 Å². The van der Waals surface area contributed by atoms with Crippen LogP contribution in [0.3, 0.4) is 0 Å². The Kier molecular flexibility index (Phi) is 4.30. The number of anilines is 1. The number of hydrogen-bond donors (Lipinski definition) is 1. The molecular formula is C15H20N2O2S. The van der Waals surface area contributed by atoms with E-state index in [1.165, 1.54) is 4.31 Å². The Balaban J connectivity index is 2.66. The first kappa shape index (κ1) is 14.8. The maximum atomic E-state index is 12.8. The highest BCUT2D eigenvalue weighted by molar-refractivity contribution is 7.89. The molecule has 5 heteroatoms. The Labute approximate surface area is 120 Å². The van der Waals surface area contributed by atoms with Gasteiger partial charge in [0.2, 0.25) is 10.0 Å². The smallest absolute Gasteiger partial charge is 0.243 e. The van der Waals surface area contributed by atoms with E-state index in [1.54, 1.807) is 18.2 Å². The molecule has 4 nitrogen and oxygen atoms in total. The monoisotopic (exact) mass is 292 g/mol. The molecule has 0 aliphatic rings. The van der Waals surface area contributed by atoms with Crippen molar-refractivity contribution >= 4 is 26.5 Å². The van der Waals surface area contributed by atoms with Crippen molar-refractivity contribution in [1.82, 2.24) is 4.31 Å². The second-order valence-electron chi connectivity index (χ2n) is 4.70. The van der Waals surface area contributed by atoms with E-state index < -0.39 is 10.0 Å². The molecule has 0 spiro atoms. The van der Waals surface area contributed by atoms with Crippen LogP contribution in [0.2, 0.25) is 0 Å². The summed E-state index contributed by atoms with van der Waals surface area (Å²) in [5.74, 6) is 0. The number of sulfonamides is 1. The fourth-order valence-electron chi connectivity index (χ4n) is 2.36. The number of hydrogen-bond acceptors (Lipinski definition) is 3. The van der Waals surface area contributed by atoms with Crippen molar-refractivity contribution in [2.75, 3.05) is 18.8 Å². The van der Waals surface area contributed by atoms with E-state index in [9.17, 15) is 8.42 Å². The predicted octanol–water partition coefficient (Wildman–Crippen LogP) is 2.84. The Morgan fingerprint density at radius 3 is 2.30 bits per heavy atom. The summed E-state index contributed by atoms with van der Waals surface area (Å²) in [6, 6.07) is 10.6. The number of fused-ring (bicyclic) bond motifs is 1. The molecule has 0 aromatic heterocycles. The van der Waals surface area contributed by atoms with Crippen LogP contribution in [0.5, 0.6) is 0 Å². The van der Waals surface area contributed by atoms with E-state index in [1.807, 2.05) is 32.0 Å². The largest absolute Gasteiger partial charge is 0.398 e. The van der Waals surface area contributed by atoms with Gasteiger partial charge < -0.3 is 5.73 Å². The van der Waals surface area contributed by atoms with Gasteiger partial charge in [-0.2, -0.15) is 4.31 Å². The van der Waals surface area contributed by atoms with E-state index in [0.29, 0.717) is 29.1 Å². The molecule has 2 aromatic carbocycles. The number of benzene rings is 2. The standard InChI is InChI=1S/C15H20N2O2S/c1-3-11-17(4-2)20(18,19)15-10-9-14(16)12-7-5-6-8-13(12)15/h5-10H,3-4,11,16H2,1-2H3. The molecule has 0 atom stereocenters. The zero-order valence-electron chi connectivity index (χ0n) is 11.8. The van der Waals surface area contributed by atoms with Gasteiger partial charge in [0.1, 0.15) is 0 Å². The molecule has 2 rings (SSSR count). The van der Waals surface area contributed by atoms with Crippen LogP contribution in [0.4, 0.5) is 5.69 Å². The van der Waals surface area contributed by atoms with Crippen molar-refractivity contribution < 1.29 is 8.42 Å². The molecule has 0 fully saturated rings. The fourth-order valence-corrected chi connectivity index (χ4v) is 4.09. The van der Waals surface area contributed by atoms with Crippen LogP contribution in [-0.2, 0) is 10.0 Å². The van der Waals surface area contributed by atoms with Crippen LogP contribution >= 0.6 is 0 Å². The summed E-state index contributed by atoms with van der Waals surface area (Å²) < 4.78 is 27.0. The van der Waals surface area contributed by atoms with Gasteiger partial charge in [0.05, 0.1) is 4.90 Å². The second-order valence-corrected chi connectivity index (χ2v) is 6.60. The number of nitrogens with two attached hydrogens (primary N) is 1. The lowest BCUT2D eigenvalue weighted by atomic mass is 10.1. The van der Waals surface area contributed by atoms with Gasteiger partial charge in [0, 0.05) is 29.5 Å². The average Bonchev–Trinajstić information content (AvgIpc) is 2.45. The van der Waals surface area contributed by atoms with Crippen LogP contribution < -0.4 is 5.73 Å². The van der Waals surface area contributed by atoms with Gasteiger partial charge >= 0.3 is 0 Å². The summed E-state index contributed by atoms with van der Waals surface area (Å²) in [5, 5.41) is 1.46. The van der Waals surface area contributed by atoms with Gasteiger partial charge in [-0.25, -0.2) is 8.42 Å². The third kappa shape index (κ3) is 2.51. The minimum atomic E-state index is -3.48. The first-order valence-corrected chi connectivity index (χ1v) is 8.23. The Morgan fingerprint density at radius 1 is 1.05 bits per heavy atom. The molecule has 0 saturated heterocycles. The molecule has 108 valence electrons. The van der Waals surface area contributed by atoms with Crippen LogP contribution in [0, 0.1) is 0 Å². The average molecular weight is 292 g/mol. The molecule has 0 saturated carbocycles. The molecule has 0 aliphatic heterocycles. The van der Waals surface area contributed by atoms with E-state index >= 15 is 0 Å². The van der Waals surface area contributed by atoms with Crippen molar-refractivity contribution in [1.29, 1.82) is 0 Å². The summed E-state index contributed by atoms with van der Waals surface area (Å²) in [5.41, 5.74) is 6.52. The lowest BCUT2D eigenvalue weighted by Crippen LogP contribution is -2.31. The molecule has 0 aliphatic carbocycles. The van der Waals surface area contributed by atoms with Crippen LogP contribution in [0.15, 0.2) is 41.3 Å². The first-order chi connectivity index (χ1) is 9.52. The van der Waals surface area contributed by atoms with E-state index in [-0.39, 0.29) is 0 Å². The molecule has 2 aromatic rings. The predicted molar refractivity (Wildman–Crippen MR) is 83.1 cm³/mol. The molecule has 0 bridgehead atoms. The SMILES string of the molecule is CCCN(CC)S(=O)(=O)c1ccc(N)c2ccccc12. The summed E-state index contributed by atoms with van der Waals surface area (Å²) in [6.45, 7) is 4.82. The third-order valence-corrected chi connectivity index (χ3v) is 5.39. The molecular weight excluding hydrogens is 272 g/mol. The van der Waals surface area contributed by atoms with Gasteiger partial charge in [-0.15, -0.1) is 0 Å². The summed E-state index contributed by atoms with van der Waals surface area (Å²) in [4.78, 5) is 0.331. The summed E-state index contributed by atoms with van der Waals surface area (Å²) in [6.07, 6.45) is 0.792. The quantitative estimate of drug-likeness (QED) is 0.862. The highest BCUT2D eigenvalue weighted by atomic mass is 32.2. The minimum Gasteiger partial charge on any atom is -0.398 e. The van der Waals surface area contributed by atoms with Crippen LogP contribution in [0.25, 0.3) is 10.8 Å². The number of nitrogens with zero attached hydrogens (tertiary/aromatic N) is 1. The van der Waals surface area contributed by atoms with Gasteiger partial charge in [-0.1, -0.05) is 38.1 Å². The highest BCUT2D eigenvalue weighted by Gasteiger charge is 2.24. The Hall–Kier alpha value is -1.59. The molecule has 0 unspecified atom stereocenters. The van der Waals surface area contributed by atoms with E-state index in [0.717, 1.165) is 11.8 Å². The van der Waals surface area contributed by atoms with Gasteiger partial charge in [0.25, 0.3) is 0 Å². The topological polar surface area (TPSA) is 63.4 Å². The lowest BCUT2D eigenvalue weighted by Gasteiger charge is -2.21. The second kappa shape index (κ2) is 5.81. The molecule has 2 N–H and O–H groups in total. The fraction of sp³-hybridized carbons (Fsp3) is 0.333. The molecule has 20 heavy (non-hydrogen) atoms. The Morgan fingerprint density at radius 2 is 1.70 bits per heavy atom. The molecule has 0 amide bonds. The van der Waals surface area contributed by atoms with Crippen LogP contribution in [0.1, 0.15) is 20.3 Å². The summed E-state index contributed by atoms with van der Waals surface area (Å²) >= 11 is 0. The van der Waals surface area contributed by atoms with Gasteiger partial charge in [0.15, 0.2) is 0 Å². The maximum absolute atomic E-state index is 12.8. The van der Waals surface area contributed by atoms with Gasteiger partial charge in [-0.05, 0) is 18.6 Å². The van der Waals surface area contributed by atoms with Gasteiger partial charge in [-0.3, -0.25) is 0 Å². The van der Waals surface area contributed by atoms with Crippen molar-refractivity contribution in [3.05, 3.63) is 36.4 Å². The maximum Gasteiger partial charge on any atom is 0.243 e. The Bertz CT molecular complexity index is 711. The van der Waals surface area contributed by atoms with Crippen molar-refractivity contribution in [3.8, 4) is 0 Å². The third-order valence-electron chi connectivity index (χ3n) is 3.36. The number of rotatable bonds is 5.